The van der Waals surface area contributed by atoms with Crippen LogP contribution < -0.4 is 0 Å². The van der Waals surface area contributed by atoms with Crippen LogP contribution in [0.5, 0.6) is 0 Å². The van der Waals surface area contributed by atoms with Gasteiger partial charge in [0.25, 0.3) is 5.69 Å². The summed E-state index contributed by atoms with van der Waals surface area (Å²) in [5, 5.41) is 9.99. The first-order valence-corrected chi connectivity index (χ1v) is 6.92. The summed E-state index contributed by atoms with van der Waals surface area (Å²) in [5.74, 6) is 0. The lowest BCUT2D eigenvalue weighted by molar-refractivity contribution is -0.384. The second-order valence-corrected chi connectivity index (χ2v) is 6.26. The molecular formula is C11H15NO4S. The molecular weight excluding hydrogens is 242 g/mol. The summed E-state index contributed by atoms with van der Waals surface area (Å²) < 4.78 is 24.1. The van der Waals surface area contributed by atoms with Crippen molar-refractivity contribution in [2.75, 3.05) is 0 Å². The summed E-state index contributed by atoms with van der Waals surface area (Å²) in [4.78, 5) is 10.0. The van der Waals surface area contributed by atoms with Gasteiger partial charge in [0.1, 0.15) is 0 Å². The highest BCUT2D eigenvalue weighted by Gasteiger charge is 2.22. The normalized spacial score (nSPS) is 13.3. The molecule has 94 valence electrons. The molecule has 17 heavy (non-hydrogen) atoms. The number of benzene rings is 1. The van der Waals surface area contributed by atoms with E-state index in [9.17, 15) is 18.5 Å². The number of nitrogens with zero attached hydrogens (tertiary/aromatic N) is 1. The average molecular weight is 257 g/mol. The molecule has 0 N–H and O–H groups in total. The molecule has 5 nitrogen and oxygen atoms in total. The van der Waals surface area contributed by atoms with Crippen molar-refractivity contribution in [2.45, 2.75) is 36.8 Å². The molecule has 1 aromatic carbocycles. The predicted molar refractivity (Wildman–Crippen MR) is 64.7 cm³/mol. The topological polar surface area (TPSA) is 77.3 Å². The highest BCUT2D eigenvalue weighted by Crippen LogP contribution is 2.21. The van der Waals surface area contributed by atoms with E-state index in [1.54, 1.807) is 6.92 Å². The maximum absolute atomic E-state index is 12.0. The molecule has 0 fully saturated rings. The summed E-state index contributed by atoms with van der Waals surface area (Å²) in [6.07, 6.45) is 1.37. The summed E-state index contributed by atoms with van der Waals surface area (Å²) in [6.45, 7) is 3.57. The fourth-order valence-corrected chi connectivity index (χ4v) is 3.08. The van der Waals surface area contributed by atoms with Crippen LogP contribution in [0.3, 0.4) is 0 Å². The van der Waals surface area contributed by atoms with E-state index in [-0.39, 0.29) is 10.6 Å². The minimum absolute atomic E-state index is 0.105. The Morgan fingerprint density at radius 1 is 1.29 bits per heavy atom. The third kappa shape index (κ3) is 3.03. The first kappa shape index (κ1) is 13.6. The van der Waals surface area contributed by atoms with Gasteiger partial charge in [-0.15, -0.1) is 0 Å². The first-order valence-electron chi connectivity index (χ1n) is 5.38. The van der Waals surface area contributed by atoms with Gasteiger partial charge in [0.2, 0.25) is 0 Å². The number of hydrogen-bond acceptors (Lipinski definition) is 4. The van der Waals surface area contributed by atoms with Crippen molar-refractivity contribution < 1.29 is 13.3 Å². The van der Waals surface area contributed by atoms with Crippen molar-refractivity contribution >= 4 is 15.5 Å². The van der Waals surface area contributed by atoms with Crippen LogP contribution in [0.15, 0.2) is 29.2 Å². The molecule has 0 amide bonds. The Morgan fingerprint density at radius 3 is 2.24 bits per heavy atom. The van der Waals surface area contributed by atoms with E-state index in [2.05, 4.69) is 0 Å². The van der Waals surface area contributed by atoms with Gasteiger partial charge < -0.3 is 0 Å². The molecule has 0 saturated carbocycles. The van der Waals surface area contributed by atoms with Gasteiger partial charge in [-0.05, 0) is 25.5 Å². The fraction of sp³-hybridized carbons (Fsp3) is 0.455. The molecule has 0 saturated heterocycles. The quantitative estimate of drug-likeness (QED) is 0.600. The fourth-order valence-electron chi connectivity index (χ4n) is 1.55. The van der Waals surface area contributed by atoms with E-state index in [4.69, 9.17) is 0 Å². The van der Waals surface area contributed by atoms with Crippen LogP contribution in [0.4, 0.5) is 5.69 Å². The zero-order valence-corrected chi connectivity index (χ0v) is 10.6. The summed E-state index contributed by atoms with van der Waals surface area (Å²) in [7, 11) is -3.37. The molecule has 0 radical (unpaired) electrons. The van der Waals surface area contributed by atoms with Gasteiger partial charge in [0.05, 0.1) is 15.1 Å². The van der Waals surface area contributed by atoms with Gasteiger partial charge in [0.15, 0.2) is 9.84 Å². The lowest BCUT2D eigenvalue weighted by atomic mass is 10.3. The van der Waals surface area contributed by atoms with Crippen LogP contribution in [0.1, 0.15) is 26.7 Å². The van der Waals surface area contributed by atoms with E-state index in [0.29, 0.717) is 6.42 Å². The number of nitro benzene ring substituents is 1. The van der Waals surface area contributed by atoms with Gasteiger partial charge in [-0.25, -0.2) is 8.42 Å². The molecule has 0 bridgehead atoms. The molecule has 1 unspecified atom stereocenters. The van der Waals surface area contributed by atoms with E-state index >= 15 is 0 Å². The van der Waals surface area contributed by atoms with Crippen LogP contribution in [0.25, 0.3) is 0 Å². The van der Waals surface area contributed by atoms with Crippen LogP contribution >= 0.6 is 0 Å². The third-order valence-electron chi connectivity index (χ3n) is 2.60. The van der Waals surface area contributed by atoms with Crippen molar-refractivity contribution in [3.63, 3.8) is 0 Å². The minimum atomic E-state index is -3.37. The predicted octanol–water partition coefficient (Wildman–Crippen LogP) is 2.56. The highest BCUT2D eigenvalue weighted by atomic mass is 32.2. The summed E-state index contributed by atoms with van der Waals surface area (Å²) in [6, 6.07) is 5.01. The van der Waals surface area contributed by atoms with E-state index in [0.717, 1.165) is 6.42 Å². The number of rotatable bonds is 5. The molecule has 1 atom stereocenters. The Labute approximate surface area is 101 Å². The lowest BCUT2D eigenvalue weighted by Crippen LogP contribution is -2.17. The molecule has 0 heterocycles. The van der Waals surface area contributed by atoms with Crippen molar-refractivity contribution in [1.82, 2.24) is 0 Å². The first-order chi connectivity index (χ1) is 7.89. The van der Waals surface area contributed by atoms with Gasteiger partial charge in [0, 0.05) is 12.1 Å². The molecule has 0 aromatic heterocycles. The molecule has 0 aliphatic heterocycles. The second kappa shape index (κ2) is 5.27. The van der Waals surface area contributed by atoms with Gasteiger partial charge in [-0.3, -0.25) is 10.1 Å². The Hall–Kier alpha value is -1.43. The van der Waals surface area contributed by atoms with Crippen molar-refractivity contribution in [2.24, 2.45) is 0 Å². The van der Waals surface area contributed by atoms with Crippen LogP contribution in [-0.4, -0.2) is 18.6 Å². The molecule has 0 aliphatic carbocycles. The lowest BCUT2D eigenvalue weighted by Gasteiger charge is -2.11. The molecule has 0 aliphatic rings. The number of nitro groups is 1. The van der Waals surface area contributed by atoms with Crippen LogP contribution in [-0.2, 0) is 9.84 Å². The zero-order chi connectivity index (χ0) is 13.1. The van der Waals surface area contributed by atoms with E-state index < -0.39 is 20.0 Å². The molecule has 1 rings (SSSR count). The monoisotopic (exact) mass is 257 g/mol. The van der Waals surface area contributed by atoms with E-state index in [1.165, 1.54) is 24.3 Å². The van der Waals surface area contributed by atoms with Crippen LogP contribution in [0, 0.1) is 10.1 Å². The molecule has 0 spiro atoms. The molecule has 1 aromatic rings. The summed E-state index contributed by atoms with van der Waals surface area (Å²) in [5.41, 5.74) is -0.105. The van der Waals surface area contributed by atoms with Gasteiger partial charge in [-0.2, -0.15) is 0 Å². The SMILES string of the molecule is CCCC(C)S(=O)(=O)c1ccc([N+](=O)[O-])cc1. The maximum atomic E-state index is 12.0. The Kier molecular flexibility index (Phi) is 4.22. The Morgan fingerprint density at radius 2 is 1.82 bits per heavy atom. The average Bonchev–Trinajstić information content (AvgIpc) is 2.29. The van der Waals surface area contributed by atoms with Crippen molar-refractivity contribution in [1.29, 1.82) is 0 Å². The highest BCUT2D eigenvalue weighted by molar-refractivity contribution is 7.92. The Balaban J connectivity index is 3.04. The van der Waals surface area contributed by atoms with Crippen molar-refractivity contribution in [3.05, 3.63) is 34.4 Å². The minimum Gasteiger partial charge on any atom is -0.258 e. The third-order valence-corrected chi connectivity index (χ3v) is 4.83. The zero-order valence-electron chi connectivity index (χ0n) is 9.79. The largest absolute Gasteiger partial charge is 0.269 e. The van der Waals surface area contributed by atoms with Crippen LogP contribution in [0.2, 0.25) is 0 Å². The Bertz CT molecular complexity index is 493. The summed E-state index contributed by atoms with van der Waals surface area (Å²) >= 11 is 0. The van der Waals surface area contributed by atoms with E-state index in [1.807, 2.05) is 6.92 Å². The standard InChI is InChI=1S/C11H15NO4S/c1-3-4-9(2)17(15,16)11-7-5-10(6-8-11)12(13)14/h5-9H,3-4H2,1-2H3. The van der Waals surface area contributed by atoms with Gasteiger partial charge in [-0.1, -0.05) is 13.3 Å². The second-order valence-electron chi connectivity index (χ2n) is 3.90. The van der Waals surface area contributed by atoms with Crippen molar-refractivity contribution in [3.8, 4) is 0 Å². The number of sulfone groups is 1. The smallest absolute Gasteiger partial charge is 0.258 e. The number of non-ortho nitro benzene ring substituents is 1. The maximum Gasteiger partial charge on any atom is 0.269 e. The number of hydrogen-bond donors (Lipinski definition) is 0. The van der Waals surface area contributed by atoms with Gasteiger partial charge >= 0.3 is 0 Å². The molecule has 6 heteroatoms.